The van der Waals surface area contributed by atoms with E-state index in [0.29, 0.717) is 47.1 Å². The molecular formula is C28H28N2O4. The fourth-order valence-corrected chi connectivity index (χ4v) is 4.10. The van der Waals surface area contributed by atoms with E-state index in [1.807, 2.05) is 73.3 Å². The Morgan fingerprint density at radius 2 is 1.44 bits per heavy atom. The van der Waals surface area contributed by atoms with Crippen molar-refractivity contribution in [1.82, 2.24) is 4.90 Å². The molecule has 34 heavy (non-hydrogen) atoms. The van der Waals surface area contributed by atoms with Crippen molar-refractivity contribution >= 4 is 23.1 Å². The number of ether oxygens (including phenoxy) is 2. The van der Waals surface area contributed by atoms with Crippen LogP contribution in [0.15, 0.2) is 78.5 Å². The molecule has 0 atom stereocenters. The smallest absolute Gasteiger partial charge is 0.282 e. The number of benzene rings is 3. The van der Waals surface area contributed by atoms with Crippen LogP contribution in [-0.2, 0) is 16.1 Å². The molecule has 6 nitrogen and oxygen atoms in total. The lowest BCUT2D eigenvalue weighted by molar-refractivity contribution is -0.120. The number of carbonyl (C=O) groups is 2. The standard InChI is InChI=1S/C28H28N2O4/c1-5-29(18-20-9-7-6-8-10-20)26-25(21-13-11-19(2)12-14-21)27(31)30(28(26)32)22-15-23(33-3)17-24(16-22)34-4/h6-17H,5,18H2,1-4H3. The molecule has 0 saturated carbocycles. The zero-order chi connectivity index (χ0) is 24.2. The summed E-state index contributed by atoms with van der Waals surface area (Å²) in [4.78, 5) is 30.9. The summed E-state index contributed by atoms with van der Waals surface area (Å²) < 4.78 is 10.7. The van der Waals surface area contributed by atoms with Crippen molar-refractivity contribution in [3.8, 4) is 11.5 Å². The van der Waals surface area contributed by atoms with E-state index < -0.39 is 0 Å². The molecule has 1 aliphatic rings. The van der Waals surface area contributed by atoms with Gasteiger partial charge in [-0.25, -0.2) is 4.90 Å². The van der Waals surface area contributed by atoms with Gasteiger partial charge in [-0.15, -0.1) is 0 Å². The minimum absolute atomic E-state index is 0.367. The summed E-state index contributed by atoms with van der Waals surface area (Å²) in [7, 11) is 3.07. The second kappa shape index (κ2) is 9.83. The third-order valence-corrected chi connectivity index (χ3v) is 5.91. The van der Waals surface area contributed by atoms with Crippen LogP contribution in [-0.4, -0.2) is 37.5 Å². The summed E-state index contributed by atoms with van der Waals surface area (Å²) in [5.41, 5.74) is 4.03. The third-order valence-electron chi connectivity index (χ3n) is 5.91. The lowest BCUT2D eigenvalue weighted by Crippen LogP contribution is -2.35. The Labute approximate surface area is 200 Å². The molecule has 4 rings (SSSR count). The second-order valence-corrected chi connectivity index (χ2v) is 8.11. The van der Waals surface area contributed by atoms with Gasteiger partial charge in [-0.2, -0.15) is 0 Å². The van der Waals surface area contributed by atoms with Crippen LogP contribution in [0.5, 0.6) is 11.5 Å². The number of aryl methyl sites for hydroxylation is 1. The van der Waals surface area contributed by atoms with E-state index in [0.717, 1.165) is 11.1 Å². The van der Waals surface area contributed by atoms with E-state index in [1.54, 1.807) is 18.2 Å². The quantitative estimate of drug-likeness (QED) is 0.455. The molecule has 2 amide bonds. The summed E-state index contributed by atoms with van der Waals surface area (Å²) >= 11 is 0. The van der Waals surface area contributed by atoms with Crippen molar-refractivity contribution in [1.29, 1.82) is 0 Å². The first-order valence-electron chi connectivity index (χ1n) is 11.2. The summed E-state index contributed by atoms with van der Waals surface area (Å²) in [6.45, 7) is 5.05. The molecule has 0 aliphatic carbocycles. The minimum Gasteiger partial charge on any atom is -0.497 e. The monoisotopic (exact) mass is 456 g/mol. The van der Waals surface area contributed by atoms with E-state index >= 15 is 0 Å². The molecule has 0 saturated heterocycles. The van der Waals surface area contributed by atoms with Gasteiger partial charge in [0, 0.05) is 31.3 Å². The molecule has 3 aromatic rings. The number of likely N-dealkylation sites (N-methyl/N-ethyl adjacent to an activating group) is 1. The molecule has 0 aromatic heterocycles. The maximum Gasteiger partial charge on any atom is 0.282 e. The van der Waals surface area contributed by atoms with Gasteiger partial charge in [-0.05, 0) is 25.0 Å². The van der Waals surface area contributed by atoms with E-state index in [1.165, 1.54) is 19.1 Å². The SMILES string of the molecule is CCN(Cc1ccccc1)C1=C(c2ccc(C)cc2)C(=O)N(c2cc(OC)cc(OC)c2)C1=O. The Morgan fingerprint density at radius 1 is 0.824 bits per heavy atom. The maximum absolute atomic E-state index is 13.9. The maximum atomic E-state index is 13.9. The number of carbonyl (C=O) groups excluding carboxylic acids is 2. The molecule has 174 valence electrons. The highest BCUT2D eigenvalue weighted by molar-refractivity contribution is 6.45. The molecule has 0 spiro atoms. The van der Waals surface area contributed by atoms with Gasteiger partial charge in [0.1, 0.15) is 17.2 Å². The number of rotatable bonds is 8. The number of nitrogens with zero attached hydrogens (tertiary/aromatic N) is 2. The Balaban J connectivity index is 1.84. The van der Waals surface area contributed by atoms with E-state index in [4.69, 9.17) is 9.47 Å². The van der Waals surface area contributed by atoms with Crippen molar-refractivity contribution in [2.75, 3.05) is 25.7 Å². The molecule has 1 heterocycles. The van der Waals surface area contributed by atoms with Crippen LogP contribution in [0, 0.1) is 6.92 Å². The van der Waals surface area contributed by atoms with Gasteiger partial charge in [0.2, 0.25) is 0 Å². The van der Waals surface area contributed by atoms with Crippen molar-refractivity contribution in [2.45, 2.75) is 20.4 Å². The van der Waals surface area contributed by atoms with Crippen molar-refractivity contribution in [3.63, 3.8) is 0 Å². The molecule has 0 fully saturated rings. The largest absolute Gasteiger partial charge is 0.497 e. The molecule has 3 aromatic carbocycles. The van der Waals surface area contributed by atoms with E-state index in [9.17, 15) is 9.59 Å². The van der Waals surface area contributed by atoms with Crippen LogP contribution in [0.25, 0.3) is 5.57 Å². The van der Waals surface area contributed by atoms with Gasteiger partial charge < -0.3 is 14.4 Å². The number of hydrogen-bond donors (Lipinski definition) is 0. The second-order valence-electron chi connectivity index (χ2n) is 8.11. The number of hydrogen-bond acceptors (Lipinski definition) is 5. The Kier molecular flexibility index (Phi) is 6.68. The van der Waals surface area contributed by atoms with Gasteiger partial charge in [0.15, 0.2) is 0 Å². The highest BCUT2D eigenvalue weighted by Gasteiger charge is 2.42. The highest BCUT2D eigenvalue weighted by atomic mass is 16.5. The van der Waals surface area contributed by atoms with Crippen LogP contribution in [0.2, 0.25) is 0 Å². The fourth-order valence-electron chi connectivity index (χ4n) is 4.10. The van der Waals surface area contributed by atoms with Gasteiger partial charge in [0.25, 0.3) is 11.8 Å². The summed E-state index contributed by atoms with van der Waals surface area (Å²) in [6.07, 6.45) is 0. The normalized spacial score (nSPS) is 13.5. The lowest BCUT2D eigenvalue weighted by atomic mass is 10.0. The fraction of sp³-hybridized carbons (Fsp3) is 0.214. The topological polar surface area (TPSA) is 59.1 Å². The van der Waals surface area contributed by atoms with Crippen LogP contribution in [0.3, 0.4) is 0 Å². The van der Waals surface area contributed by atoms with Crippen LogP contribution >= 0.6 is 0 Å². The highest BCUT2D eigenvalue weighted by Crippen LogP contribution is 2.38. The third kappa shape index (κ3) is 4.39. The number of amides is 2. The van der Waals surface area contributed by atoms with Crippen molar-refractivity contribution < 1.29 is 19.1 Å². The first-order valence-corrected chi connectivity index (χ1v) is 11.2. The Hall–Kier alpha value is -4.06. The van der Waals surface area contributed by atoms with E-state index in [2.05, 4.69) is 0 Å². The molecule has 6 heteroatoms. The van der Waals surface area contributed by atoms with Gasteiger partial charge in [-0.3, -0.25) is 9.59 Å². The van der Waals surface area contributed by atoms with Crippen molar-refractivity contribution in [3.05, 3.63) is 95.2 Å². The summed E-state index contributed by atoms with van der Waals surface area (Å²) in [5.74, 6) is 0.258. The Bertz CT molecular complexity index is 1210. The van der Waals surface area contributed by atoms with Crippen LogP contribution in [0.1, 0.15) is 23.6 Å². The zero-order valence-electron chi connectivity index (χ0n) is 19.9. The number of methoxy groups -OCH3 is 2. The first-order chi connectivity index (χ1) is 16.5. The number of imide groups is 1. The zero-order valence-corrected chi connectivity index (χ0v) is 19.9. The summed E-state index contributed by atoms with van der Waals surface area (Å²) in [6, 6.07) is 22.6. The molecule has 0 unspecified atom stereocenters. The summed E-state index contributed by atoms with van der Waals surface area (Å²) in [5, 5.41) is 0. The van der Waals surface area contributed by atoms with Crippen molar-refractivity contribution in [2.24, 2.45) is 0 Å². The average molecular weight is 457 g/mol. The average Bonchev–Trinajstić information content (AvgIpc) is 3.12. The number of anilines is 1. The van der Waals surface area contributed by atoms with Crippen LogP contribution in [0.4, 0.5) is 5.69 Å². The minimum atomic E-state index is -0.370. The van der Waals surface area contributed by atoms with Crippen LogP contribution < -0.4 is 14.4 Å². The predicted octanol–water partition coefficient (Wildman–Crippen LogP) is 4.82. The van der Waals surface area contributed by atoms with Gasteiger partial charge in [0.05, 0.1) is 25.5 Å². The molecule has 0 bridgehead atoms. The molecule has 1 aliphatic heterocycles. The van der Waals surface area contributed by atoms with E-state index in [-0.39, 0.29) is 11.8 Å². The van der Waals surface area contributed by atoms with Gasteiger partial charge in [-0.1, -0.05) is 60.2 Å². The lowest BCUT2D eigenvalue weighted by Gasteiger charge is -2.25. The molecule has 0 radical (unpaired) electrons. The molecule has 0 N–H and O–H groups in total. The first kappa shape index (κ1) is 23.1. The van der Waals surface area contributed by atoms with Gasteiger partial charge >= 0.3 is 0 Å². The Morgan fingerprint density at radius 3 is 2.00 bits per heavy atom. The molecular weight excluding hydrogens is 428 g/mol. The predicted molar refractivity (Wildman–Crippen MR) is 133 cm³/mol.